The van der Waals surface area contributed by atoms with Crippen LogP contribution in [-0.2, 0) is 4.79 Å². The third-order valence-electron chi connectivity index (χ3n) is 3.30. The second-order valence-corrected chi connectivity index (χ2v) is 5.17. The highest BCUT2D eigenvalue weighted by atomic mass is 16.2. The van der Waals surface area contributed by atoms with Gasteiger partial charge in [0.05, 0.1) is 5.56 Å². The van der Waals surface area contributed by atoms with Crippen LogP contribution in [0.5, 0.6) is 0 Å². The number of carbonyl (C=O) groups excluding carboxylic acids is 2. The molecule has 6 heteroatoms. The zero-order chi connectivity index (χ0) is 16.7. The van der Waals surface area contributed by atoms with Gasteiger partial charge >= 0.3 is 0 Å². The summed E-state index contributed by atoms with van der Waals surface area (Å²) < 4.78 is 0. The maximum Gasteiger partial charge on any atom is 0.257 e. The summed E-state index contributed by atoms with van der Waals surface area (Å²) in [4.78, 5) is 27.9. The molecule has 0 saturated heterocycles. The smallest absolute Gasteiger partial charge is 0.257 e. The number of aryl methyl sites for hydroxylation is 1. The predicted molar refractivity (Wildman–Crippen MR) is 90.3 cm³/mol. The van der Waals surface area contributed by atoms with Gasteiger partial charge in [-0.3, -0.25) is 14.6 Å². The van der Waals surface area contributed by atoms with E-state index in [2.05, 4.69) is 15.6 Å². The minimum atomic E-state index is -0.248. The minimum Gasteiger partial charge on any atom is -0.330 e. The summed E-state index contributed by atoms with van der Waals surface area (Å²) >= 11 is 0. The number of rotatable bonds is 6. The van der Waals surface area contributed by atoms with Crippen LogP contribution in [0.15, 0.2) is 42.7 Å². The van der Waals surface area contributed by atoms with Crippen molar-refractivity contribution < 1.29 is 9.59 Å². The Balaban J connectivity index is 2.07. The first-order chi connectivity index (χ1) is 11.1. The van der Waals surface area contributed by atoms with Gasteiger partial charge in [0.15, 0.2) is 0 Å². The number of nitrogens with one attached hydrogen (secondary N) is 2. The number of anilines is 2. The highest BCUT2D eigenvalue weighted by molar-refractivity contribution is 6.04. The quantitative estimate of drug-likeness (QED) is 0.762. The van der Waals surface area contributed by atoms with Crippen molar-refractivity contribution in [2.24, 2.45) is 5.73 Å². The van der Waals surface area contributed by atoms with Gasteiger partial charge in [0, 0.05) is 30.2 Å². The van der Waals surface area contributed by atoms with E-state index in [0.29, 0.717) is 36.3 Å². The van der Waals surface area contributed by atoms with Gasteiger partial charge in [-0.2, -0.15) is 0 Å². The lowest BCUT2D eigenvalue weighted by Crippen LogP contribution is -2.15. The van der Waals surface area contributed by atoms with Crippen LogP contribution in [0.25, 0.3) is 0 Å². The number of nitrogens with two attached hydrogens (primary N) is 1. The largest absolute Gasteiger partial charge is 0.330 e. The molecule has 0 radical (unpaired) electrons. The fourth-order valence-electron chi connectivity index (χ4n) is 2.01. The van der Waals surface area contributed by atoms with Crippen molar-refractivity contribution in [3.8, 4) is 0 Å². The normalized spacial score (nSPS) is 10.2. The van der Waals surface area contributed by atoms with E-state index in [9.17, 15) is 9.59 Å². The van der Waals surface area contributed by atoms with Gasteiger partial charge in [-0.05, 0) is 49.7 Å². The number of nitrogens with zero attached hydrogens (tertiary/aromatic N) is 1. The second-order valence-electron chi connectivity index (χ2n) is 5.17. The summed E-state index contributed by atoms with van der Waals surface area (Å²) in [6.07, 6.45) is 4.13. The standard InChI is InChI=1S/C17H20N4O2/c1-12-6-7-14(10-15(12)21-16(22)5-2-8-18)20-17(23)13-4-3-9-19-11-13/h3-4,6-7,9-11H,2,5,8,18H2,1H3,(H,20,23)(H,21,22). The van der Waals surface area contributed by atoms with E-state index in [-0.39, 0.29) is 11.8 Å². The molecule has 6 nitrogen and oxygen atoms in total. The minimum absolute atomic E-state index is 0.0886. The average Bonchev–Trinajstić information content (AvgIpc) is 2.56. The predicted octanol–water partition coefficient (Wildman–Crippen LogP) is 2.32. The number of amides is 2. The third-order valence-corrected chi connectivity index (χ3v) is 3.30. The monoisotopic (exact) mass is 312 g/mol. The number of hydrogen-bond donors (Lipinski definition) is 3. The third kappa shape index (κ3) is 4.89. The van der Waals surface area contributed by atoms with Gasteiger partial charge in [-0.15, -0.1) is 0 Å². The Morgan fingerprint density at radius 1 is 1.22 bits per heavy atom. The zero-order valence-electron chi connectivity index (χ0n) is 13.0. The Kier molecular flexibility index (Phi) is 5.82. The molecule has 4 N–H and O–H groups in total. The van der Waals surface area contributed by atoms with E-state index >= 15 is 0 Å². The fourth-order valence-corrected chi connectivity index (χ4v) is 2.01. The Morgan fingerprint density at radius 3 is 2.74 bits per heavy atom. The lowest BCUT2D eigenvalue weighted by Gasteiger charge is -2.11. The first-order valence-corrected chi connectivity index (χ1v) is 7.42. The molecule has 2 amide bonds. The van der Waals surface area contributed by atoms with Gasteiger partial charge in [0.25, 0.3) is 5.91 Å². The molecule has 1 heterocycles. The summed E-state index contributed by atoms with van der Waals surface area (Å²) in [6.45, 7) is 2.37. The van der Waals surface area contributed by atoms with Gasteiger partial charge < -0.3 is 16.4 Å². The van der Waals surface area contributed by atoms with E-state index in [1.54, 1.807) is 30.5 Å². The molecule has 0 bridgehead atoms. The Bertz CT molecular complexity index is 686. The van der Waals surface area contributed by atoms with Crippen LogP contribution < -0.4 is 16.4 Å². The number of pyridine rings is 1. The molecule has 1 aromatic carbocycles. The van der Waals surface area contributed by atoms with Crippen molar-refractivity contribution >= 4 is 23.2 Å². The van der Waals surface area contributed by atoms with Gasteiger partial charge in [0.1, 0.15) is 0 Å². The van der Waals surface area contributed by atoms with E-state index < -0.39 is 0 Å². The summed E-state index contributed by atoms with van der Waals surface area (Å²) in [5.41, 5.74) is 8.08. The Hall–Kier alpha value is -2.73. The van der Waals surface area contributed by atoms with E-state index in [4.69, 9.17) is 5.73 Å². The summed E-state index contributed by atoms with van der Waals surface area (Å²) in [5.74, 6) is -0.336. The molecule has 0 unspecified atom stereocenters. The van der Waals surface area contributed by atoms with E-state index in [1.807, 2.05) is 13.0 Å². The van der Waals surface area contributed by atoms with Crippen LogP contribution in [0.2, 0.25) is 0 Å². The highest BCUT2D eigenvalue weighted by Crippen LogP contribution is 2.21. The van der Waals surface area contributed by atoms with Crippen molar-refractivity contribution in [2.75, 3.05) is 17.2 Å². The molecule has 0 aliphatic heterocycles. The second kappa shape index (κ2) is 8.05. The number of carbonyl (C=O) groups is 2. The van der Waals surface area contributed by atoms with Crippen LogP contribution >= 0.6 is 0 Å². The van der Waals surface area contributed by atoms with Gasteiger partial charge in [-0.1, -0.05) is 6.07 Å². The molecule has 0 aliphatic carbocycles. The number of hydrogen-bond acceptors (Lipinski definition) is 4. The maximum atomic E-state index is 12.1. The van der Waals surface area contributed by atoms with Crippen molar-refractivity contribution in [3.63, 3.8) is 0 Å². The van der Waals surface area contributed by atoms with Crippen LogP contribution in [0, 0.1) is 6.92 Å². The van der Waals surface area contributed by atoms with Gasteiger partial charge in [0.2, 0.25) is 5.91 Å². The first-order valence-electron chi connectivity index (χ1n) is 7.42. The van der Waals surface area contributed by atoms with Crippen molar-refractivity contribution in [1.82, 2.24) is 4.98 Å². The van der Waals surface area contributed by atoms with Gasteiger partial charge in [-0.25, -0.2) is 0 Å². The topological polar surface area (TPSA) is 97.1 Å². The van der Waals surface area contributed by atoms with Crippen LogP contribution in [0.4, 0.5) is 11.4 Å². The molecule has 0 atom stereocenters. The molecule has 2 rings (SSSR count). The van der Waals surface area contributed by atoms with Crippen LogP contribution in [0.3, 0.4) is 0 Å². The van der Waals surface area contributed by atoms with Crippen molar-refractivity contribution in [3.05, 3.63) is 53.9 Å². The molecule has 2 aromatic rings. The van der Waals surface area contributed by atoms with E-state index in [1.165, 1.54) is 6.20 Å². The zero-order valence-corrected chi connectivity index (χ0v) is 13.0. The summed E-state index contributed by atoms with van der Waals surface area (Å²) in [7, 11) is 0. The van der Waals surface area contributed by atoms with Crippen molar-refractivity contribution in [1.29, 1.82) is 0 Å². The lowest BCUT2D eigenvalue weighted by atomic mass is 10.1. The number of benzene rings is 1. The van der Waals surface area contributed by atoms with Crippen LogP contribution in [0.1, 0.15) is 28.8 Å². The molecule has 0 aliphatic rings. The fraction of sp³-hybridized carbons (Fsp3) is 0.235. The highest BCUT2D eigenvalue weighted by Gasteiger charge is 2.09. The average molecular weight is 312 g/mol. The summed E-state index contributed by atoms with van der Waals surface area (Å²) in [5, 5.41) is 5.63. The molecule has 0 fully saturated rings. The first kappa shape index (κ1) is 16.6. The Morgan fingerprint density at radius 2 is 2.04 bits per heavy atom. The van der Waals surface area contributed by atoms with Crippen LogP contribution in [-0.4, -0.2) is 23.3 Å². The molecule has 120 valence electrons. The molecule has 23 heavy (non-hydrogen) atoms. The lowest BCUT2D eigenvalue weighted by molar-refractivity contribution is -0.116. The maximum absolute atomic E-state index is 12.1. The van der Waals surface area contributed by atoms with Crippen molar-refractivity contribution in [2.45, 2.75) is 19.8 Å². The molecular weight excluding hydrogens is 292 g/mol. The van der Waals surface area contributed by atoms with E-state index in [0.717, 1.165) is 5.56 Å². The summed E-state index contributed by atoms with van der Waals surface area (Å²) in [6, 6.07) is 8.76. The molecule has 1 aromatic heterocycles. The molecular formula is C17H20N4O2. The molecule has 0 saturated carbocycles. The number of aromatic nitrogens is 1. The molecule has 0 spiro atoms. The SMILES string of the molecule is Cc1ccc(NC(=O)c2cccnc2)cc1NC(=O)CCCN. The Labute approximate surface area is 135 Å².